The van der Waals surface area contributed by atoms with Crippen LogP contribution in [0.25, 0.3) is 11.0 Å². The summed E-state index contributed by atoms with van der Waals surface area (Å²) in [4.78, 5) is 49.0. The van der Waals surface area contributed by atoms with Gasteiger partial charge in [-0.05, 0) is 30.0 Å². The van der Waals surface area contributed by atoms with Crippen molar-refractivity contribution in [2.75, 3.05) is 19.7 Å². The maximum absolute atomic E-state index is 15.0. The van der Waals surface area contributed by atoms with Crippen LogP contribution >= 0.6 is 15.9 Å². The lowest BCUT2D eigenvalue weighted by Crippen LogP contribution is -2.60. The van der Waals surface area contributed by atoms with Gasteiger partial charge >= 0.3 is 0 Å². The summed E-state index contributed by atoms with van der Waals surface area (Å²) in [6, 6.07) is 15.4. The molecule has 8 atom stereocenters. The van der Waals surface area contributed by atoms with Gasteiger partial charge in [-0.2, -0.15) is 0 Å². The minimum absolute atomic E-state index is 0.0610. The Balaban J connectivity index is 1.42. The maximum atomic E-state index is 15.0. The van der Waals surface area contributed by atoms with E-state index in [0.29, 0.717) is 24.9 Å². The van der Waals surface area contributed by atoms with Gasteiger partial charge in [-0.1, -0.05) is 96.0 Å². The molecule has 6 rings (SSSR count). The molecule has 48 heavy (non-hydrogen) atoms. The van der Waals surface area contributed by atoms with Gasteiger partial charge in [0.1, 0.15) is 23.8 Å². The highest BCUT2D eigenvalue weighted by atomic mass is 79.9. The predicted molar refractivity (Wildman–Crippen MR) is 184 cm³/mol. The Labute approximate surface area is 289 Å². The summed E-state index contributed by atoms with van der Waals surface area (Å²) in [5, 5.41) is 19.3. The van der Waals surface area contributed by atoms with Gasteiger partial charge in [0.15, 0.2) is 0 Å². The Bertz CT molecular complexity index is 1680. The number of nitrogens with zero attached hydrogens (tertiary/aromatic N) is 6. The van der Waals surface area contributed by atoms with Gasteiger partial charge in [0.05, 0.1) is 36.1 Å². The zero-order chi connectivity index (χ0) is 34.2. The minimum atomic E-state index is -1.29. The average Bonchev–Trinajstić information content (AvgIpc) is 3.82. The Hall–Kier alpha value is -3.87. The minimum Gasteiger partial charge on any atom is -0.394 e. The number of benzene rings is 2. The van der Waals surface area contributed by atoms with E-state index in [0.717, 1.165) is 11.1 Å². The summed E-state index contributed by atoms with van der Waals surface area (Å²) in [5.41, 5.74) is 1.11. The topological polar surface area (TPSA) is 121 Å². The van der Waals surface area contributed by atoms with Gasteiger partial charge in [0, 0.05) is 24.5 Å². The second-order valence-corrected chi connectivity index (χ2v) is 14.3. The number of carbonyl (C=O) groups excluding carboxylic acids is 3. The van der Waals surface area contributed by atoms with Crippen LogP contribution in [-0.2, 0) is 32.3 Å². The summed E-state index contributed by atoms with van der Waals surface area (Å²) >= 11 is 3.79. The first kappa shape index (κ1) is 34.0. The predicted octanol–water partition coefficient (Wildman–Crippen LogP) is 3.77. The molecule has 3 aliphatic heterocycles. The lowest BCUT2D eigenvalue weighted by Gasteiger charge is -2.40. The molecule has 1 aromatic heterocycles. The Morgan fingerprint density at radius 1 is 1.10 bits per heavy atom. The molecule has 0 radical (unpaired) electrons. The van der Waals surface area contributed by atoms with Gasteiger partial charge in [0.2, 0.25) is 17.7 Å². The standard InChI is InChI=1S/C36H43BrN6O5/c1-5-17-40(20-24-13-9-8-10-14-24)33(45)29-30-34(46)43(28(21-44)23(4)7-3)32(36(30)19-25(37)31(29)48-36)35(47)41(18-6-2)22-42-27-16-12-11-15-26(27)38-39-42/h5-6,8-16,23,25,28-32,44H,1-2,7,17-22H2,3-4H3/t23-,25?,28-,29-,30-,31-,32?,36?/m0/s1. The number of aliphatic hydroxyl groups is 1. The molecular formula is C36H43BrN6O5. The fraction of sp³-hybridized carbons (Fsp3) is 0.472. The summed E-state index contributed by atoms with van der Waals surface area (Å²) in [6.07, 6.45) is 3.73. The summed E-state index contributed by atoms with van der Waals surface area (Å²) in [5.74, 6) is -2.77. The number of para-hydroxylation sites is 1. The van der Waals surface area contributed by atoms with Gasteiger partial charge in [-0.25, -0.2) is 4.68 Å². The van der Waals surface area contributed by atoms with Crippen molar-refractivity contribution in [2.24, 2.45) is 17.8 Å². The molecule has 3 saturated heterocycles. The van der Waals surface area contributed by atoms with Crippen LogP contribution in [0.3, 0.4) is 0 Å². The van der Waals surface area contributed by atoms with Crippen molar-refractivity contribution in [3.63, 3.8) is 0 Å². The molecule has 12 heteroatoms. The monoisotopic (exact) mass is 718 g/mol. The van der Waals surface area contributed by atoms with Gasteiger partial charge in [-0.15, -0.1) is 18.3 Å². The first-order valence-corrected chi connectivity index (χ1v) is 17.5. The highest BCUT2D eigenvalue weighted by Gasteiger charge is 2.77. The van der Waals surface area contributed by atoms with Crippen molar-refractivity contribution in [3.8, 4) is 0 Å². The molecule has 3 unspecified atom stereocenters. The lowest BCUT2D eigenvalue weighted by molar-refractivity contribution is -0.154. The number of amides is 3. The van der Waals surface area contributed by atoms with E-state index in [1.54, 1.807) is 31.5 Å². The van der Waals surface area contributed by atoms with Crippen LogP contribution in [0.4, 0.5) is 0 Å². The molecule has 0 aliphatic carbocycles. The van der Waals surface area contributed by atoms with E-state index < -0.39 is 35.6 Å². The third-order valence-electron chi connectivity index (χ3n) is 10.4. The Morgan fingerprint density at radius 3 is 2.48 bits per heavy atom. The molecule has 2 aromatic carbocycles. The molecule has 3 amide bonds. The molecule has 4 heterocycles. The fourth-order valence-corrected chi connectivity index (χ4v) is 8.88. The number of fused-ring (bicyclic) bond motifs is 2. The second-order valence-electron chi connectivity index (χ2n) is 13.1. The number of hydrogen-bond donors (Lipinski definition) is 1. The SMILES string of the molecule is C=CCN(Cn1nnc2ccccc21)C(=O)C1N([C@@H](CO)[C@@H](C)CC)C(=O)[C@@H]2[C@H](C(=O)N(CC=C)Cc3ccccc3)[C@H]3OC12CC3Br. The van der Waals surface area contributed by atoms with Crippen LogP contribution in [0.2, 0.25) is 0 Å². The molecular weight excluding hydrogens is 676 g/mol. The van der Waals surface area contributed by atoms with Gasteiger partial charge in [0.25, 0.3) is 0 Å². The maximum Gasteiger partial charge on any atom is 0.250 e. The van der Waals surface area contributed by atoms with Crippen LogP contribution in [-0.4, -0.2) is 101 Å². The number of aliphatic hydroxyl groups excluding tert-OH is 1. The first-order chi connectivity index (χ1) is 23.2. The smallest absolute Gasteiger partial charge is 0.250 e. The third kappa shape index (κ3) is 5.67. The zero-order valence-corrected chi connectivity index (χ0v) is 29.0. The molecule has 3 fully saturated rings. The number of rotatable bonds is 14. The van der Waals surface area contributed by atoms with Crippen molar-refractivity contribution in [1.82, 2.24) is 29.7 Å². The number of alkyl halides is 1. The number of halogens is 1. The summed E-state index contributed by atoms with van der Waals surface area (Å²) < 4.78 is 8.46. The van der Waals surface area contributed by atoms with Crippen molar-refractivity contribution in [1.29, 1.82) is 0 Å². The summed E-state index contributed by atoms with van der Waals surface area (Å²) in [7, 11) is 0. The van der Waals surface area contributed by atoms with E-state index in [2.05, 4.69) is 39.4 Å². The third-order valence-corrected chi connectivity index (χ3v) is 11.2. The Kier molecular flexibility index (Phi) is 9.87. The van der Waals surface area contributed by atoms with E-state index in [9.17, 15) is 14.7 Å². The van der Waals surface area contributed by atoms with Gasteiger partial charge in [-0.3, -0.25) is 14.4 Å². The fourth-order valence-electron chi connectivity index (χ4n) is 7.93. The van der Waals surface area contributed by atoms with Crippen LogP contribution in [0, 0.1) is 17.8 Å². The number of ether oxygens (including phenoxy) is 1. The molecule has 254 valence electrons. The van der Waals surface area contributed by atoms with Crippen LogP contribution < -0.4 is 0 Å². The highest BCUT2D eigenvalue weighted by molar-refractivity contribution is 9.09. The van der Waals surface area contributed by atoms with Crippen LogP contribution in [0.5, 0.6) is 0 Å². The van der Waals surface area contributed by atoms with Crippen molar-refractivity contribution in [3.05, 3.63) is 85.5 Å². The second kappa shape index (κ2) is 13.9. The largest absolute Gasteiger partial charge is 0.394 e. The number of aromatic nitrogens is 3. The molecule has 11 nitrogen and oxygen atoms in total. The quantitative estimate of drug-likeness (QED) is 0.199. The summed E-state index contributed by atoms with van der Waals surface area (Å²) in [6.45, 7) is 12.3. The molecule has 1 spiro atoms. The molecule has 1 N–H and O–H groups in total. The first-order valence-electron chi connectivity index (χ1n) is 16.6. The van der Waals surface area contributed by atoms with E-state index in [1.165, 1.54) is 0 Å². The zero-order valence-electron chi connectivity index (χ0n) is 27.4. The number of carbonyl (C=O) groups is 3. The van der Waals surface area contributed by atoms with Crippen LogP contribution in [0.1, 0.15) is 32.3 Å². The van der Waals surface area contributed by atoms with Crippen molar-refractivity contribution in [2.45, 2.75) is 68.5 Å². The van der Waals surface area contributed by atoms with E-state index in [4.69, 9.17) is 4.74 Å². The van der Waals surface area contributed by atoms with E-state index in [-0.39, 0.29) is 54.8 Å². The normalized spacial score (nSPS) is 27.1. The Morgan fingerprint density at radius 2 is 1.79 bits per heavy atom. The van der Waals surface area contributed by atoms with Crippen molar-refractivity contribution < 1.29 is 24.2 Å². The van der Waals surface area contributed by atoms with Crippen LogP contribution in [0.15, 0.2) is 79.9 Å². The van der Waals surface area contributed by atoms with Gasteiger partial charge < -0.3 is 24.5 Å². The number of hydrogen-bond acceptors (Lipinski definition) is 7. The number of likely N-dealkylation sites (tertiary alicyclic amines) is 1. The van der Waals surface area contributed by atoms with E-state index in [1.807, 2.05) is 68.4 Å². The van der Waals surface area contributed by atoms with E-state index >= 15 is 4.79 Å². The highest BCUT2D eigenvalue weighted by Crippen LogP contribution is 2.61. The molecule has 3 aliphatic rings. The average molecular weight is 720 g/mol. The lowest BCUT2D eigenvalue weighted by atomic mass is 9.70. The van der Waals surface area contributed by atoms with Crippen molar-refractivity contribution >= 4 is 44.7 Å². The molecule has 3 aromatic rings. The molecule has 2 bridgehead atoms. The molecule has 0 saturated carbocycles.